The van der Waals surface area contributed by atoms with Gasteiger partial charge in [0.25, 0.3) is 5.56 Å². The van der Waals surface area contributed by atoms with Gasteiger partial charge in [0, 0.05) is 25.2 Å². The number of hydrogen-bond acceptors (Lipinski definition) is 4. The minimum atomic E-state index is -0.157. The number of rotatable bonds is 1. The number of nitrogens with zero attached hydrogens (tertiary/aromatic N) is 2. The van der Waals surface area contributed by atoms with Crippen LogP contribution < -0.4 is 15.8 Å². The van der Waals surface area contributed by atoms with E-state index in [9.17, 15) is 4.79 Å². The monoisotopic (exact) mass is 284 g/mol. The Morgan fingerprint density at radius 2 is 2.06 bits per heavy atom. The summed E-state index contributed by atoms with van der Waals surface area (Å²) >= 11 is 3.35. The Hall–Kier alpha value is -0.880. The molecule has 86 valence electrons. The summed E-state index contributed by atoms with van der Waals surface area (Å²) in [5.41, 5.74) is 0.771. The number of halogens is 1. The van der Waals surface area contributed by atoms with Crippen molar-refractivity contribution in [2.24, 2.45) is 0 Å². The first kappa shape index (κ1) is 10.3. The summed E-state index contributed by atoms with van der Waals surface area (Å²) in [7, 11) is 0. The van der Waals surface area contributed by atoms with Crippen LogP contribution >= 0.6 is 15.9 Å². The highest BCUT2D eigenvalue weighted by molar-refractivity contribution is 9.10. The number of anilines is 1. The van der Waals surface area contributed by atoms with Crippen molar-refractivity contribution in [2.75, 3.05) is 18.0 Å². The van der Waals surface area contributed by atoms with Gasteiger partial charge < -0.3 is 10.2 Å². The van der Waals surface area contributed by atoms with Crippen molar-refractivity contribution in [2.45, 2.75) is 24.9 Å². The standard InChI is InChI=1S/C10H13BrN4O/c11-9-8(5-13-14-10(9)16)15-6-1-2-7(15)4-12-3-6/h5-7,12H,1-4H2,(H,14,16). The summed E-state index contributed by atoms with van der Waals surface area (Å²) in [6.45, 7) is 1.99. The molecule has 2 atom stereocenters. The zero-order chi connectivity index (χ0) is 11.1. The van der Waals surface area contributed by atoms with E-state index < -0.39 is 0 Å². The SMILES string of the molecule is O=c1[nH]ncc(N2C3CCC2CNC3)c1Br. The summed E-state index contributed by atoms with van der Waals surface area (Å²) in [6.07, 6.45) is 4.12. The molecule has 0 radical (unpaired) electrons. The Bertz CT molecular complexity index is 444. The summed E-state index contributed by atoms with van der Waals surface area (Å²) < 4.78 is 0.598. The second-order valence-electron chi connectivity index (χ2n) is 4.35. The van der Waals surface area contributed by atoms with Gasteiger partial charge in [-0.25, -0.2) is 5.10 Å². The first-order chi connectivity index (χ1) is 7.77. The van der Waals surface area contributed by atoms with Crippen LogP contribution in [0.5, 0.6) is 0 Å². The number of fused-ring (bicyclic) bond motifs is 2. The zero-order valence-corrected chi connectivity index (χ0v) is 10.3. The Morgan fingerprint density at radius 3 is 2.75 bits per heavy atom. The van der Waals surface area contributed by atoms with E-state index in [1.54, 1.807) is 6.20 Å². The molecule has 0 aromatic carbocycles. The number of aromatic nitrogens is 2. The third kappa shape index (κ3) is 1.48. The number of H-pyrrole nitrogens is 1. The molecule has 1 aromatic heterocycles. The molecule has 3 heterocycles. The van der Waals surface area contributed by atoms with E-state index in [0.717, 1.165) is 18.8 Å². The molecule has 0 spiro atoms. The topological polar surface area (TPSA) is 61.0 Å². The normalized spacial score (nSPS) is 28.4. The fourth-order valence-electron chi connectivity index (χ4n) is 2.73. The average Bonchev–Trinajstić information content (AvgIpc) is 2.54. The number of nitrogens with one attached hydrogen (secondary N) is 2. The molecule has 0 saturated carbocycles. The van der Waals surface area contributed by atoms with Gasteiger partial charge in [0.15, 0.2) is 0 Å². The summed E-state index contributed by atoms with van der Waals surface area (Å²) in [4.78, 5) is 13.8. The number of hydrogen-bond donors (Lipinski definition) is 2. The van der Waals surface area contributed by atoms with Gasteiger partial charge in [-0.3, -0.25) is 4.79 Å². The van der Waals surface area contributed by atoms with E-state index >= 15 is 0 Å². The quantitative estimate of drug-likeness (QED) is 0.787. The van der Waals surface area contributed by atoms with Crippen molar-refractivity contribution in [1.82, 2.24) is 15.5 Å². The van der Waals surface area contributed by atoms with Crippen LogP contribution in [0.25, 0.3) is 0 Å². The largest absolute Gasteiger partial charge is 0.361 e. The molecule has 2 unspecified atom stereocenters. The van der Waals surface area contributed by atoms with Gasteiger partial charge in [0.05, 0.1) is 11.9 Å². The molecule has 2 aliphatic heterocycles. The van der Waals surface area contributed by atoms with E-state index in [4.69, 9.17) is 0 Å². The molecule has 2 N–H and O–H groups in total. The summed E-state index contributed by atoms with van der Waals surface area (Å²) in [5.74, 6) is 0. The molecule has 1 aromatic rings. The van der Waals surface area contributed by atoms with E-state index in [1.807, 2.05) is 0 Å². The molecule has 0 aliphatic carbocycles. The summed E-state index contributed by atoms with van der Waals surface area (Å²) in [6, 6.07) is 0.997. The minimum absolute atomic E-state index is 0.157. The van der Waals surface area contributed by atoms with Crippen molar-refractivity contribution in [3.63, 3.8) is 0 Å². The third-order valence-corrected chi connectivity index (χ3v) is 4.20. The Labute approximate surface area is 101 Å². The third-order valence-electron chi connectivity index (χ3n) is 3.44. The highest BCUT2D eigenvalue weighted by Crippen LogP contribution is 2.34. The van der Waals surface area contributed by atoms with E-state index in [0.29, 0.717) is 16.6 Å². The molecular weight excluding hydrogens is 272 g/mol. The maximum Gasteiger partial charge on any atom is 0.280 e. The zero-order valence-electron chi connectivity index (χ0n) is 8.74. The van der Waals surface area contributed by atoms with Gasteiger partial charge in [-0.15, -0.1) is 0 Å². The molecule has 3 rings (SSSR count). The summed E-state index contributed by atoms with van der Waals surface area (Å²) in [5, 5.41) is 9.74. The van der Waals surface area contributed by atoms with Crippen molar-refractivity contribution in [1.29, 1.82) is 0 Å². The van der Waals surface area contributed by atoms with Crippen LogP contribution in [-0.2, 0) is 0 Å². The van der Waals surface area contributed by atoms with Crippen LogP contribution in [0.15, 0.2) is 15.5 Å². The predicted molar refractivity (Wildman–Crippen MR) is 64.7 cm³/mol. The highest BCUT2D eigenvalue weighted by atomic mass is 79.9. The minimum Gasteiger partial charge on any atom is -0.361 e. The lowest BCUT2D eigenvalue weighted by Crippen LogP contribution is -2.52. The molecule has 5 nitrogen and oxygen atoms in total. The van der Waals surface area contributed by atoms with Gasteiger partial charge in [-0.1, -0.05) is 0 Å². The molecule has 2 aliphatic rings. The Kier molecular flexibility index (Phi) is 2.48. The molecule has 2 fully saturated rings. The fraction of sp³-hybridized carbons (Fsp3) is 0.600. The molecule has 2 bridgehead atoms. The molecule has 2 saturated heterocycles. The van der Waals surface area contributed by atoms with E-state index in [-0.39, 0.29) is 5.56 Å². The highest BCUT2D eigenvalue weighted by Gasteiger charge is 2.37. The molecule has 0 amide bonds. The first-order valence-corrected chi connectivity index (χ1v) is 6.29. The molecular formula is C10H13BrN4O. The van der Waals surface area contributed by atoms with Crippen molar-refractivity contribution in [3.05, 3.63) is 21.0 Å². The van der Waals surface area contributed by atoms with Crippen LogP contribution in [0.1, 0.15) is 12.8 Å². The maximum absolute atomic E-state index is 11.5. The Balaban J connectivity index is 2.04. The van der Waals surface area contributed by atoms with Gasteiger partial charge in [0.1, 0.15) is 4.47 Å². The Morgan fingerprint density at radius 1 is 1.38 bits per heavy atom. The van der Waals surface area contributed by atoms with Gasteiger partial charge in [-0.05, 0) is 28.8 Å². The van der Waals surface area contributed by atoms with E-state index in [2.05, 4.69) is 36.3 Å². The lowest BCUT2D eigenvalue weighted by atomic mass is 10.2. The average molecular weight is 285 g/mol. The van der Waals surface area contributed by atoms with Gasteiger partial charge in [0.2, 0.25) is 0 Å². The fourth-order valence-corrected chi connectivity index (χ4v) is 3.12. The lowest BCUT2D eigenvalue weighted by molar-refractivity contribution is 0.483. The van der Waals surface area contributed by atoms with Crippen molar-refractivity contribution >= 4 is 21.6 Å². The van der Waals surface area contributed by atoms with Crippen LogP contribution in [0, 0.1) is 0 Å². The van der Waals surface area contributed by atoms with E-state index in [1.165, 1.54) is 12.8 Å². The van der Waals surface area contributed by atoms with Crippen LogP contribution in [-0.4, -0.2) is 35.4 Å². The van der Waals surface area contributed by atoms with Crippen molar-refractivity contribution < 1.29 is 0 Å². The van der Waals surface area contributed by atoms with Crippen LogP contribution in [0.3, 0.4) is 0 Å². The smallest absolute Gasteiger partial charge is 0.280 e. The van der Waals surface area contributed by atoms with Crippen LogP contribution in [0.4, 0.5) is 5.69 Å². The predicted octanol–water partition coefficient (Wildman–Crippen LogP) is 0.473. The second-order valence-corrected chi connectivity index (χ2v) is 5.14. The molecule has 6 heteroatoms. The molecule has 16 heavy (non-hydrogen) atoms. The van der Waals surface area contributed by atoms with Crippen LogP contribution in [0.2, 0.25) is 0 Å². The first-order valence-electron chi connectivity index (χ1n) is 5.49. The maximum atomic E-state index is 11.5. The van der Waals surface area contributed by atoms with Gasteiger partial charge in [-0.2, -0.15) is 5.10 Å². The lowest BCUT2D eigenvalue weighted by Gasteiger charge is -2.37. The second kappa shape index (κ2) is 3.85. The van der Waals surface area contributed by atoms with Gasteiger partial charge >= 0.3 is 0 Å². The number of aromatic amines is 1. The van der Waals surface area contributed by atoms with Crippen molar-refractivity contribution in [3.8, 4) is 0 Å². The number of piperazine rings is 1.